The Kier molecular flexibility index (Phi) is 4.83. The van der Waals surface area contributed by atoms with Crippen molar-refractivity contribution in [1.29, 1.82) is 0 Å². The third-order valence-electron chi connectivity index (χ3n) is 5.23. The predicted molar refractivity (Wildman–Crippen MR) is 104 cm³/mol. The van der Waals surface area contributed by atoms with E-state index in [0.29, 0.717) is 25.9 Å². The smallest absolute Gasteiger partial charge is 0.345 e. The average Bonchev–Trinajstić information content (AvgIpc) is 3.17. The van der Waals surface area contributed by atoms with Gasteiger partial charge in [-0.2, -0.15) is 5.10 Å². The van der Waals surface area contributed by atoms with Crippen LogP contribution in [0.15, 0.2) is 35.3 Å². The van der Waals surface area contributed by atoms with Crippen molar-refractivity contribution in [2.24, 2.45) is 7.05 Å². The summed E-state index contributed by atoms with van der Waals surface area (Å²) in [4.78, 5) is 24.6. The number of amides is 1. The van der Waals surface area contributed by atoms with E-state index < -0.39 is 0 Å². The maximum Gasteiger partial charge on any atom is 0.345 e. The molecule has 3 aromatic rings. The van der Waals surface area contributed by atoms with Crippen LogP contribution in [-0.2, 0) is 37.8 Å². The first kappa shape index (κ1) is 17.6. The van der Waals surface area contributed by atoms with Gasteiger partial charge in [0.2, 0.25) is 5.91 Å². The van der Waals surface area contributed by atoms with Gasteiger partial charge in [0, 0.05) is 50.2 Å². The van der Waals surface area contributed by atoms with Crippen LogP contribution in [0.3, 0.4) is 0 Å². The molecule has 1 aromatic carbocycles. The molecule has 1 N–H and O–H groups in total. The molecule has 0 unspecified atom stereocenters. The molecule has 7 heteroatoms. The molecule has 2 aromatic heterocycles. The maximum absolute atomic E-state index is 12.3. The number of hydrogen-bond donors (Lipinski definition) is 1. The molecule has 7 nitrogen and oxygen atoms in total. The lowest BCUT2D eigenvalue weighted by atomic mass is 10.1. The minimum Gasteiger partial charge on any atom is -0.356 e. The highest BCUT2D eigenvalue weighted by Crippen LogP contribution is 2.20. The lowest BCUT2D eigenvalue weighted by Gasteiger charge is -2.09. The Morgan fingerprint density at radius 1 is 1.26 bits per heavy atom. The van der Waals surface area contributed by atoms with Gasteiger partial charge in [0.25, 0.3) is 0 Å². The van der Waals surface area contributed by atoms with E-state index in [-0.39, 0.29) is 11.6 Å². The summed E-state index contributed by atoms with van der Waals surface area (Å²) >= 11 is 0. The van der Waals surface area contributed by atoms with Gasteiger partial charge in [0.15, 0.2) is 0 Å². The molecule has 0 saturated carbocycles. The van der Waals surface area contributed by atoms with E-state index in [1.54, 1.807) is 4.57 Å². The van der Waals surface area contributed by atoms with Crippen molar-refractivity contribution in [3.05, 3.63) is 52.3 Å². The summed E-state index contributed by atoms with van der Waals surface area (Å²) < 4.78 is 5.37. The molecule has 0 radical (unpaired) electrons. The van der Waals surface area contributed by atoms with E-state index in [1.807, 2.05) is 36.0 Å². The fraction of sp³-hybridized carbons (Fsp3) is 0.450. The van der Waals surface area contributed by atoms with Crippen molar-refractivity contribution in [3.63, 3.8) is 0 Å². The summed E-state index contributed by atoms with van der Waals surface area (Å²) in [5.74, 6) is 0.897. The van der Waals surface area contributed by atoms with E-state index in [4.69, 9.17) is 0 Å². The zero-order valence-electron chi connectivity index (χ0n) is 15.6. The molecule has 1 amide bonds. The molecule has 0 bridgehead atoms. The van der Waals surface area contributed by atoms with Crippen LogP contribution in [-0.4, -0.2) is 31.4 Å². The zero-order chi connectivity index (χ0) is 18.8. The number of carbonyl (C=O) groups excluding carboxylic acids is 1. The molecule has 0 atom stereocenters. The predicted octanol–water partition coefficient (Wildman–Crippen LogP) is 1.62. The van der Waals surface area contributed by atoms with Crippen LogP contribution in [0.5, 0.6) is 0 Å². The second-order valence-electron chi connectivity index (χ2n) is 7.19. The van der Waals surface area contributed by atoms with Crippen LogP contribution in [0.25, 0.3) is 10.9 Å². The van der Waals surface area contributed by atoms with Crippen molar-refractivity contribution < 1.29 is 4.79 Å². The summed E-state index contributed by atoms with van der Waals surface area (Å²) in [6, 6.07) is 8.09. The number of nitrogens with one attached hydrogen (secondary N) is 1. The Morgan fingerprint density at radius 2 is 2.11 bits per heavy atom. The van der Waals surface area contributed by atoms with Crippen molar-refractivity contribution in [2.45, 2.75) is 45.2 Å². The van der Waals surface area contributed by atoms with Crippen LogP contribution < -0.4 is 11.0 Å². The van der Waals surface area contributed by atoms with E-state index in [9.17, 15) is 9.59 Å². The van der Waals surface area contributed by atoms with Crippen molar-refractivity contribution >= 4 is 16.8 Å². The summed E-state index contributed by atoms with van der Waals surface area (Å²) in [5.41, 5.74) is 2.14. The normalized spacial score (nSPS) is 13.7. The highest BCUT2D eigenvalue weighted by molar-refractivity contribution is 5.89. The number of hydrogen-bond acceptors (Lipinski definition) is 3. The Hall–Kier alpha value is -2.83. The Bertz CT molecular complexity index is 1030. The van der Waals surface area contributed by atoms with E-state index >= 15 is 0 Å². The van der Waals surface area contributed by atoms with Crippen molar-refractivity contribution in [2.75, 3.05) is 6.54 Å². The standard InChI is InChI=1S/C20H25N5O2/c1-23-14-15(16-7-2-3-8-17(16)23)13-19(26)21-10-6-12-25-20(27)24-11-5-4-9-18(24)22-25/h2-3,7-8,14H,4-6,9-13H2,1H3,(H,21,26). The molecular formula is C20H25N5O2. The molecule has 142 valence electrons. The summed E-state index contributed by atoms with van der Waals surface area (Å²) in [7, 11) is 1.99. The molecule has 27 heavy (non-hydrogen) atoms. The van der Waals surface area contributed by atoms with Gasteiger partial charge in [-0.25, -0.2) is 9.48 Å². The first-order chi connectivity index (χ1) is 13.1. The minimum absolute atomic E-state index is 0.00262. The van der Waals surface area contributed by atoms with Gasteiger partial charge < -0.3 is 9.88 Å². The second-order valence-corrected chi connectivity index (χ2v) is 7.19. The lowest BCUT2D eigenvalue weighted by Crippen LogP contribution is -2.30. The number of aromatic nitrogens is 4. The van der Waals surface area contributed by atoms with Crippen LogP contribution in [0.2, 0.25) is 0 Å². The zero-order valence-corrected chi connectivity index (χ0v) is 15.6. The first-order valence-corrected chi connectivity index (χ1v) is 9.59. The van der Waals surface area contributed by atoms with Gasteiger partial charge in [-0.15, -0.1) is 0 Å². The van der Waals surface area contributed by atoms with Gasteiger partial charge in [0.1, 0.15) is 5.82 Å². The van der Waals surface area contributed by atoms with Crippen molar-refractivity contribution in [1.82, 2.24) is 24.2 Å². The number of para-hydroxylation sites is 1. The second kappa shape index (κ2) is 7.42. The topological polar surface area (TPSA) is 73.8 Å². The number of rotatable bonds is 6. The molecule has 0 fully saturated rings. The van der Waals surface area contributed by atoms with Gasteiger partial charge >= 0.3 is 5.69 Å². The quantitative estimate of drug-likeness (QED) is 0.673. The average molecular weight is 367 g/mol. The minimum atomic E-state index is -0.0215. The van der Waals surface area contributed by atoms with E-state index in [1.165, 1.54) is 4.68 Å². The first-order valence-electron chi connectivity index (χ1n) is 9.59. The third kappa shape index (κ3) is 3.54. The summed E-state index contributed by atoms with van der Waals surface area (Å²) in [6.07, 6.45) is 6.09. The van der Waals surface area contributed by atoms with Crippen LogP contribution >= 0.6 is 0 Å². The molecule has 0 saturated heterocycles. The molecule has 1 aliphatic rings. The fourth-order valence-corrected chi connectivity index (χ4v) is 3.85. The number of nitrogens with zero attached hydrogens (tertiary/aromatic N) is 4. The number of carbonyl (C=O) groups is 1. The van der Waals surface area contributed by atoms with E-state index in [2.05, 4.69) is 16.5 Å². The summed E-state index contributed by atoms with van der Waals surface area (Å²) in [5, 5.41) is 8.50. The van der Waals surface area contributed by atoms with Gasteiger partial charge in [-0.1, -0.05) is 18.2 Å². The van der Waals surface area contributed by atoms with Gasteiger partial charge in [0.05, 0.1) is 6.42 Å². The SMILES string of the molecule is Cn1cc(CC(=O)NCCCn2nc3n(c2=O)CCCC3)c2ccccc21. The van der Waals surface area contributed by atoms with Crippen LogP contribution in [0.1, 0.15) is 30.7 Å². The Balaban J connectivity index is 1.30. The number of fused-ring (bicyclic) bond motifs is 2. The largest absolute Gasteiger partial charge is 0.356 e. The fourth-order valence-electron chi connectivity index (χ4n) is 3.85. The molecule has 3 heterocycles. The highest BCUT2D eigenvalue weighted by atomic mass is 16.2. The molecule has 1 aliphatic heterocycles. The third-order valence-corrected chi connectivity index (χ3v) is 5.23. The molecule has 0 spiro atoms. The number of aryl methyl sites for hydroxylation is 3. The summed E-state index contributed by atoms with van der Waals surface area (Å²) in [6.45, 7) is 1.85. The van der Waals surface area contributed by atoms with Crippen LogP contribution in [0, 0.1) is 0 Å². The Morgan fingerprint density at radius 3 is 2.96 bits per heavy atom. The number of benzene rings is 1. The van der Waals surface area contributed by atoms with Gasteiger partial charge in [-0.05, 0) is 30.9 Å². The monoisotopic (exact) mass is 367 g/mol. The highest BCUT2D eigenvalue weighted by Gasteiger charge is 2.16. The lowest BCUT2D eigenvalue weighted by molar-refractivity contribution is -0.120. The molecule has 0 aliphatic carbocycles. The molecule has 4 rings (SSSR count). The van der Waals surface area contributed by atoms with Crippen LogP contribution in [0.4, 0.5) is 0 Å². The maximum atomic E-state index is 12.3. The van der Waals surface area contributed by atoms with Crippen molar-refractivity contribution in [3.8, 4) is 0 Å². The van der Waals surface area contributed by atoms with E-state index in [0.717, 1.165) is 48.1 Å². The molecular weight excluding hydrogens is 342 g/mol. The van der Waals surface area contributed by atoms with Gasteiger partial charge in [-0.3, -0.25) is 9.36 Å². The Labute approximate surface area is 157 Å².